The summed E-state index contributed by atoms with van der Waals surface area (Å²) in [5, 5.41) is 3.16. The zero-order chi connectivity index (χ0) is 20.5. The number of hydrogen-bond donors (Lipinski definition) is 1. The van der Waals surface area contributed by atoms with Gasteiger partial charge in [-0.1, -0.05) is 18.9 Å². The first-order chi connectivity index (χ1) is 14.2. The second kappa shape index (κ2) is 11.2. The normalized spacial score (nSPS) is 14.2. The molecule has 1 aromatic heterocycles. The average Bonchev–Trinajstić information content (AvgIpc) is 3.25. The molecule has 1 fully saturated rings. The summed E-state index contributed by atoms with van der Waals surface area (Å²) < 4.78 is 20.2. The van der Waals surface area contributed by atoms with Crippen LogP contribution in [0.5, 0.6) is 5.75 Å². The second-order valence-corrected chi connectivity index (χ2v) is 8.35. The first kappa shape index (κ1) is 21.7. The summed E-state index contributed by atoms with van der Waals surface area (Å²) in [6.45, 7) is 4.96. The molecule has 1 aromatic carbocycles. The van der Waals surface area contributed by atoms with E-state index in [1.54, 1.807) is 30.2 Å². The van der Waals surface area contributed by atoms with Gasteiger partial charge in [0, 0.05) is 36.6 Å². The van der Waals surface area contributed by atoms with Crippen LogP contribution in [0.1, 0.15) is 38.2 Å². The van der Waals surface area contributed by atoms with E-state index in [2.05, 4.69) is 27.1 Å². The van der Waals surface area contributed by atoms with Gasteiger partial charge < -0.3 is 15.0 Å². The minimum Gasteiger partial charge on any atom is -0.489 e. The van der Waals surface area contributed by atoms with E-state index in [-0.39, 0.29) is 5.82 Å². The smallest absolute Gasteiger partial charge is 0.223 e. The van der Waals surface area contributed by atoms with Crippen molar-refractivity contribution in [2.45, 2.75) is 39.2 Å². The number of nitrogens with zero attached hydrogens (tertiary/aromatic N) is 3. The number of hydrogen-bond acceptors (Lipinski definition) is 6. The van der Waals surface area contributed by atoms with Gasteiger partial charge in [-0.3, -0.25) is 0 Å². The summed E-state index contributed by atoms with van der Waals surface area (Å²) in [6, 6.07) is 5.33. The highest BCUT2D eigenvalue weighted by Crippen LogP contribution is 2.30. The SMILES string of the molecule is CCN(CC1CCCC1)c1cccc(F)c1CNc1ncc(OCCSC)cn1. The number of aromatic nitrogens is 2. The van der Waals surface area contributed by atoms with Crippen molar-refractivity contribution in [3.63, 3.8) is 0 Å². The molecular weight excluding hydrogens is 387 g/mol. The van der Waals surface area contributed by atoms with Gasteiger partial charge in [-0.05, 0) is 44.1 Å². The second-order valence-electron chi connectivity index (χ2n) is 7.36. The molecule has 7 heteroatoms. The molecule has 0 radical (unpaired) electrons. The van der Waals surface area contributed by atoms with Gasteiger partial charge in [-0.25, -0.2) is 14.4 Å². The Labute approximate surface area is 177 Å². The van der Waals surface area contributed by atoms with Crippen molar-refractivity contribution in [1.82, 2.24) is 9.97 Å². The van der Waals surface area contributed by atoms with Gasteiger partial charge in [0.2, 0.25) is 5.95 Å². The molecule has 1 saturated carbocycles. The number of benzene rings is 1. The zero-order valence-corrected chi connectivity index (χ0v) is 18.2. The van der Waals surface area contributed by atoms with Crippen molar-refractivity contribution < 1.29 is 9.13 Å². The molecule has 1 aliphatic carbocycles. The molecule has 0 amide bonds. The van der Waals surface area contributed by atoms with E-state index in [1.807, 2.05) is 12.3 Å². The summed E-state index contributed by atoms with van der Waals surface area (Å²) in [5.74, 6) is 2.54. The standard InChI is InChI=1S/C22H31FN4OS/c1-3-27(16-17-7-4-5-8-17)21-10-6-9-20(23)19(21)15-26-22-24-13-18(14-25-22)28-11-12-29-2/h6,9-10,13-14,17H,3-5,7-8,11-12,15-16H2,1-2H3,(H,24,25,26). The highest BCUT2D eigenvalue weighted by molar-refractivity contribution is 7.98. The van der Waals surface area contributed by atoms with Gasteiger partial charge in [0.05, 0.1) is 19.0 Å². The van der Waals surface area contributed by atoms with E-state index >= 15 is 0 Å². The lowest BCUT2D eigenvalue weighted by molar-refractivity contribution is 0.341. The van der Waals surface area contributed by atoms with Crippen LogP contribution in [0.2, 0.25) is 0 Å². The molecular formula is C22H31FN4OS. The predicted molar refractivity (Wildman–Crippen MR) is 119 cm³/mol. The third-order valence-corrected chi connectivity index (χ3v) is 5.95. The van der Waals surface area contributed by atoms with Crippen LogP contribution in [0.4, 0.5) is 16.0 Å². The Bertz CT molecular complexity index is 753. The first-order valence-corrected chi connectivity index (χ1v) is 11.8. The van der Waals surface area contributed by atoms with Gasteiger partial charge in [0.1, 0.15) is 5.82 Å². The van der Waals surface area contributed by atoms with E-state index in [0.29, 0.717) is 36.3 Å². The molecule has 0 spiro atoms. The van der Waals surface area contributed by atoms with Gasteiger partial charge in [0.15, 0.2) is 5.75 Å². The fourth-order valence-corrected chi connectivity index (χ4v) is 4.06. The minimum atomic E-state index is -0.197. The van der Waals surface area contributed by atoms with Gasteiger partial charge >= 0.3 is 0 Å². The Morgan fingerprint density at radius 2 is 2.00 bits per heavy atom. The van der Waals surface area contributed by atoms with E-state index in [4.69, 9.17) is 4.74 Å². The Kier molecular flexibility index (Phi) is 8.40. The third kappa shape index (κ3) is 6.23. The summed E-state index contributed by atoms with van der Waals surface area (Å²) in [5.41, 5.74) is 1.63. The number of ether oxygens (including phenoxy) is 1. The van der Waals surface area contributed by atoms with Crippen molar-refractivity contribution in [2.24, 2.45) is 5.92 Å². The van der Waals surface area contributed by atoms with Crippen LogP contribution < -0.4 is 15.0 Å². The molecule has 0 aliphatic heterocycles. The van der Waals surface area contributed by atoms with E-state index in [0.717, 1.165) is 24.5 Å². The Hall–Kier alpha value is -2.02. The van der Waals surface area contributed by atoms with E-state index < -0.39 is 0 Å². The zero-order valence-electron chi connectivity index (χ0n) is 17.4. The molecule has 29 heavy (non-hydrogen) atoms. The van der Waals surface area contributed by atoms with Crippen molar-refractivity contribution in [2.75, 3.05) is 41.9 Å². The van der Waals surface area contributed by atoms with Gasteiger partial charge in [-0.2, -0.15) is 11.8 Å². The predicted octanol–water partition coefficient (Wildman–Crippen LogP) is 4.99. The Morgan fingerprint density at radius 1 is 1.24 bits per heavy atom. The third-order valence-electron chi connectivity index (χ3n) is 5.38. The number of nitrogens with one attached hydrogen (secondary N) is 1. The lowest BCUT2D eigenvalue weighted by Crippen LogP contribution is -2.29. The molecule has 5 nitrogen and oxygen atoms in total. The fraction of sp³-hybridized carbons (Fsp3) is 0.545. The molecule has 3 rings (SSSR count). The molecule has 1 heterocycles. The molecule has 0 saturated heterocycles. The molecule has 0 bridgehead atoms. The summed E-state index contributed by atoms with van der Waals surface area (Å²) in [6.07, 6.45) is 10.5. The maximum Gasteiger partial charge on any atom is 0.223 e. The maximum atomic E-state index is 14.7. The van der Waals surface area contributed by atoms with E-state index in [1.165, 1.54) is 31.7 Å². The monoisotopic (exact) mass is 418 g/mol. The van der Waals surface area contributed by atoms with Crippen LogP contribution in [-0.4, -0.2) is 41.7 Å². The number of anilines is 2. The molecule has 158 valence electrons. The summed E-state index contributed by atoms with van der Waals surface area (Å²) >= 11 is 1.73. The van der Waals surface area contributed by atoms with Crippen molar-refractivity contribution >= 4 is 23.4 Å². The first-order valence-electron chi connectivity index (χ1n) is 10.4. The Balaban J connectivity index is 1.65. The quantitative estimate of drug-likeness (QED) is 0.519. The molecule has 0 unspecified atom stereocenters. The summed E-state index contributed by atoms with van der Waals surface area (Å²) in [4.78, 5) is 10.9. The van der Waals surface area contributed by atoms with Crippen molar-refractivity contribution in [3.05, 3.63) is 42.0 Å². The van der Waals surface area contributed by atoms with Crippen LogP contribution in [0.3, 0.4) is 0 Å². The Morgan fingerprint density at radius 3 is 2.69 bits per heavy atom. The minimum absolute atomic E-state index is 0.197. The van der Waals surface area contributed by atoms with Crippen LogP contribution >= 0.6 is 11.8 Å². The van der Waals surface area contributed by atoms with Crippen molar-refractivity contribution in [1.29, 1.82) is 0 Å². The fourth-order valence-electron chi connectivity index (χ4n) is 3.81. The number of thioether (sulfide) groups is 1. The van der Waals surface area contributed by atoms with Crippen LogP contribution in [0.15, 0.2) is 30.6 Å². The lowest BCUT2D eigenvalue weighted by Gasteiger charge is -2.29. The van der Waals surface area contributed by atoms with Crippen LogP contribution in [0, 0.1) is 11.7 Å². The van der Waals surface area contributed by atoms with Crippen LogP contribution in [0.25, 0.3) is 0 Å². The molecule has 2 aromatic rings. The highest BCUT2D eigenvalue weighted by atomic mass is 32.2. The van der Waals surface area contributed by atoms with Gasteiger partial charge in [0.25, 0.3) is 0 Å². The van der Waals surface area contributed by atoms with Crippen LogP contribution in [-0.2, 0) is 6.54 Å². The topological polar surface area (TPSA) is 50.3 Å². The highest BCUT2D eigenvalue weighted by Gasteiger charge is 2.20. The number of rotatable bonds is 11. The summed E-state index contributed by atoms with van der Waals surface area (Å²) in [7, 11) is 0. The maximum absolute atomic E-state index is 14.7. The lowest BCUT2D eigenvalue weighted by atomic mass is 10.1. The molecule has 1 N–H and O–H groups in total. The van der Waals surface area contributed by atoms with Crippen molar-refractivity contribution in [3.8, 4) is 5.75 Å². The largest absolute Gasteiger partial charge is 0.489 e. The molecule has 1 aliphatic rings. The average molecular weight is 419 g/mol. The number of halogens is 1. The molecule has 0 atom stereocenters. The van der Waals surface area contributed by atoms with E-state index in [9.17, 15) is 4.39 Å². The van der Waals surface area contributed by atoms with Gasteiger partial charge in [-0.15, -0.1) is 0 Å².